The Morgan fingerprint density at radius 1 is 1.50 bits per heavy atom. The van der Waals surface area contributed by atoms with Crippen molar-refractivity contribution in [3.8, 4) is 0 Å². The van der Waals surface area contributed by atoms with Crippen LogP contribution in [0.15, 0.2) is 4.79 Å². The van der Waals surface area contributed by atoms with Crippen molar-refractivity contribution in [1.82, 2.24) is 14.8 Å². The Labute approximate surface area is 87.3 Å². The van der Waals surface area contributed by atoms with Gasteiger partial charge in [-0.1, -0.05) is 19.8 Å². The Morgan fingerprint density at radius 2 is 2.29 bits per heavy atom. The number of hydrogen-bond acceptors (Lipinski definition) is 2. The first-order valence-corrected chi connectivity index (χ1v) is 5.47. The molecule has 1 aromatic heterocycles. The number of aromatic nitrogens is 3. The second-order valence-electron chi connectivity index (χ2n) is 4.14. The lowest BCUT2D eigenvalue weighted by molar-refractivity contribution is 0.358. The summed E-state index contributed by atoms with van der Waals surface area (Å²) in [5, 5.41) is 5.17. The second-order valence-corrected chi connectivity index (χ2v) is 4.53. The van der Waals surface area contributed by atoms with E-state index in [-0.39, 0.29) is 5.69 Å². The summed E-state index contributed by atoms with van der Waals surface area (Å²) in [7, 11) is 0. The fourth-order valence-electron chi connectivity index (χ4n) is 2.23. The van der Waals surface area contributed by atoms with Gasteiger partial charge in [0.15, 0.2) is 4.77 Å². The summed E-state index contributed by atoms with van der Waals surface area (Å²) in [4.78, 5) is 11.3. The first kappa shape index (κ1) is 9.71. The van der Waals surface area contributed by atoms with Crippen molar-refractivity contribution in [2.24, 2.45) is 11.8 Å². The monoisotopic (exact) mass is 213 g/mol. The van der Waals surface area contributed by atoms with Gasteiger partial charge in [0.1, 0.15) is 0 Å². The van der Waals surface area contributed by atoms with Crippen LogP contribution in [-0.2, 0) is 6.54 Å². The molecule has 4 nitrogen and oxygen atoms in total. The van der Waals surface area contributed by atoms with Crippen LogP contribution >= 0.6 is 12.2 Å². The van der Waals surface area contributed by atoms with Crippen molar-refractivity contribution in [2.45, 2.75) is 32.7 Å². The van der Waals surface area contributed by atoms with Crippen molar-refractivity contribution in [1.29, 1.82) is 0 Å². The van der Waals surface area contributed by atoms with Gasteiger partial charge in [0.05, 0.1) is 0 Å². The quantitative estimate of drug-likeness (QED) is 0.734. The molecule has 2 N–H and O–H groups in total. The second kappa shape index (κ2) is 3.73. The molecule has 14 heavy (non-hydrogen) atoms. The van der Waals surface area contributed by atoms with Gasteiger partial charge >= 0.3 is 5.69 Å². The highest BCUT2D eigenvalue weighted by Gasteiger charge is 2.24. The number of rotatable bonds is 2. The van der Waals surface area contributed by atoms with E-state index < -0.39 is 0 Å². The van der Waals surface area contributed by atoms with E-state index in [1.165, 1.54) is 19.3 Å². The molecule has 0 aromatic carbocycles. The molecule has 0 amide bonds. The van der Waals surface area contributed by atoms with Gasteiger partial charge in [-0.25, -0.2) is 9.89 Å². The van der Waals surface area contributed by atoms with Crippen molar-refractivity contribution >= 4 is 12.2 Å². The molecule has 2 atom stereocenters. The van der Waals surface area contributed by atoms with Gasteiger partial charge in [-0.2, -0.15) is 0 Å². The molecule has 0 radical (unpaired) electrons. The molecule has 0 bridgehead atoms. The Balaban J connectivity index is 2.18. The maximum absolute atomic E-state index is 11.3. The lowest BCUT2D eigenvalue weighted by Crippen LogP contribution is -2.23. The van der Waals surface area contributed by atoms with E-state index in [1.807, 2.05) is 0 Å². The van der Waals surface area contributed by atoms with E-state index in [2.05, 4.69) is 17.1 Å². The molecule has 1 aliphatic rings. The van der Waals surface area contributed by atoms with Crippen molar-refractivity contribution in [2.75, 3.05) is 0 Å². The smallest absolute Gasteiger partial charge is 0.272 e. The Hall–Kier alpha value is -0.840. The van der Waals surface area contributed by atoms with Crippen LogP contribution in [0.2, 0.25) is 0 Å². The molecule has 1 aliphatic carbocycles. The third-order valence-corrected chi connectivity index (χ3v) is 3.55. The van der Waals surface area contributed by atoms with Crippen LogP contribution in [0.5, 0.6) is 0 Å². The first-order chi connectivity index (χ1) is 6.68. The maximum Gasteiger partial charge on any atom is 0.342 e. The van der Waals surface area contributed by atoms with Crippen molar-refractivity contribution in [3.63, 3.8) is 0 Å². The summed E-state index contributed by atoms with van der Waals surface area (Å²) in [6.07, 6.45) is 3.77. The number of H-pyrrole nitrogens is 2. The summed E-state index contributed by atoms with van der Waals surface area (Å²) in [6.45, 7) is 3.01. The molecule has 1 fully saturated rings. The van der Waals surface area contributed by atoms with E-state index in [0.717, 1.165) is 6.54 Å². The summed E-state index contributed by atoms with van der Waals surface area (Å²) in [5.74, 6) is 1.32. The van der Waals surface area contributed by atoms with Crippen LogP contribution in [0.3, 0.4) is 0 Å². The third-order valence-electron chi connectivity index (χ3n) is 3.22. The van der Waals surface area contributed by atoms with E-state index >= 15 is 0 Å². The van der Waals surface area contributed by atoms with Gasteiger partial charge in [-0.05, 0) is 30.5 Å². The molecular weight excluding hydrogens is 198 g/mol. The average molecular weight is 213 g/mol. The number of nitrogens with zero attached hydrogens (tertiary/aromatic N) is 1. The van der Waals surface area contributed by atoms with Crippen LogP contribution in [0, 0.1) is 16.6 Å². The Kier molecular flexibility index (Phi) is 2.58. The van der Waals surface area contributed by atoms with Gasteiger partial charge < -0.3 is 0 Å². The Bertz CT molecular complexity index is 389. The molecule has 0 aliphatic heterocycles. The first-order valence-electron chi connectivity index (χ1n) is 5.06. The number of nitrogens with one attached hydrogen (secondary N) is 2. The topological polar surface area (TPSA) is 53.6 Å². The lowest BCUT2D eigenvalue weighted by Gasteiger charge is -2.14. The molecular formula is C9H15N3OS. The van der Waals surface area contributed by atoms with E-state index in [4.69, 9.17) is 12.2 Å². The highest BCUT2D eigenvalue weighted by Crippen LogP contribution is 2.31. The minimum absolute atomic E-state index is 0.117. The summed E-state index contributed by atoms with van der Waals surface area (Å²) >= 11 is 5.02. The summed E-state index contributed by atoms with van der Waals surface area (Å²) in [6, 6.07) is 0. The molecule has 0 spiro atoms. The minimum Gasteiger partial charge on any atom is -0.272 e. The van der Waals surface area contributed by atoms with E-state index in [9.17, 15) is 4.79 Å². The number of hydrogen-bond donors (Lipinski definition) is 2. The molecule has 1 saturated carbocycles. The van der Waals surface area contributed by atoms with Gasteiger partial charge in [0.2, 0.25) is 0 Å². The van der Waals surface area contributed by atoms with Crippen LogP contribution in [0.1, 0.15) is 26.2 Å². The van der Waals surface area contributed by atoms with Crippen molar-refractivity contribution < 1.29 is 0 Å². The third kappa shape index (κ3) is 1.68. The zero-order valence-corrected chi connectivity index (χ0v) is 9.06. The maximum atomic E-state index is 11.3. The van der Waals surface area contributed by atoms with Gasteiger partial charge in [0.25, 0.3) is 0 Å². The standard InChI is InChI=1S/C9H15N3OS/c1-6-3-2-4-7(6)5-12-8(13)10-11-9(12)14/h6-7H,2-5H2,1H3,(H,10,13)(H,11,14). The fraction of sp³-hybridized carbons (Fsp3) is 0.778. The lowest BCUT2D eigenvalue weighted by atomic mass is 9.98. The molecule has 2 rings (SSSR count). The largest absolute Gasteiger partial charge is 0.342 e. The van der Waals surface area contributed by atoms with Gasteiger partial charge in [-0.3, -0.25) is 9.67 Å². The Morgan fingerprint density at radius 3 is 2.79 bits per heavy atom. The highest BCUT2D eigenvalue weighted by atomic mass is 32.1. The predicted molar refractivity (Wildman–Crippen MR) is 56.7 cm³/mol. The fourth-order valence-corrected chi connectivity index (χ4v) is 2.44. The summed E-state index contributed by atoms with van der Waals surface area (Å²) < 4.78 is 2.14. The predicted octanol–water partition coefficient (Wildman–Crippen LogP) is 1.67. The highest BCUT2D eigenvalue weighted by molar-refractivity contribution is 7.71. The molecule has 1 heterocycles. The van der Waals surface area contributed by atoms with Crippen LogP contribution in [-0.4, -0.2) is 14.8 Å². The summed E-state index contributed by atoms with van der Waals surface area (Å²) in [5.41, 5.74) is -0.117. The van der Waals surface area contributed by atoms with Crippen LogP contribution in [0.4, 0.5) is 0 Å². The molecule has 1 aromatic rings. The zero-order valence-electron chi connectivity index (χ0n) is 8.25. The van der Waals surface area contributed by atoms with E-state index in [0.29, 0.717) is 16.6 Å². The zero-order chi connectivity index (χ0) is 10.1. The minimum atomic E-state index is -0.117. The number of aromatic amines is 2. The normalized spacial score (nSPS) is 26.9. The molecule has 0 saturated heterocycles. The molecule has 2 unspecified atom stereocenters. The van der Waals surface area contributed by atoms with Crippen LogP contribution < -0.4 is 5.69 Å². The van der Waals surface area contributed by atoms with Crippen molar-refractivity contribution in [3.05, 3.63) is 15.3 Å². The SMILES string of the molecule is CC1CCCC1Cn1c(=O)[nH][nH]c1=S. The average Bonchev–Trinajstić information content (AvgIpc) is 2.67. The van der Waals surface area contributed by atoms with Gasteiger partial charge in [0, 0.05) is 6.54 Å². The molecule has 5 heteroatoms. The van der Waals surface area contributed by atoms with E-state index in [1.54, 1.807) is 4.57 Å². The van der Waals surface area contributed by atoms with Gasteiger partial charge in [-0.15, -0.1) is 0 Å². The molecule has 78 valence electrons. The van der Waals surface area contributed by atoms with Crippen LogP contribution in [0.25, 0.3) is 0 Å².